The summed E-state index contributed by atoms with van der Waals surface area (Å²) in [7, 11) is 1.62. The number of hydrogen-bond acceptors (Lipinski definition) is 5. The number of pyridine rings is 1. The first-order chi connectivity index (χ1) is 12.7. The highest BCUT2D eigenvalue weighted by Crippen LogP contribution is 2.34. The van der Waals surface area contributed by atoms with E-state index < -0.39 is 0 Å². The second-order valence-corrected chi connectivity index (χ2v) is 7.38. The first-order valence-electron chi connectivity index (χ1n) is 8.57. The van der Waals surface area contributed by atoms with E-state index in [9.17, 15) is 4.79 Å². The van der Waals surface area contributed by atoms with Crippen molar-refractivity contribution < 1.29 is 9.53 Å². The van der Waals surface area contributed by atoms with Crippen molar-refractivity contribution in [1.82, 2.24) is 9.97 Å². The van der Waals surface area contributed by atoms with E-state index in [2.05, 4.69) is 10.3 Å². The van der Waals surface area contributed by atoms with E-state index in [1.54, 1.807) is 24.6 Å². The van der Waals surface area contributed by atoms with Crippen molar-refractivity contribution >= 4 is 22.9 Å². The van der Waals surface area contributed by atoms with Gasteiger partial charge < -0.3 is 10.1 Å². The van der Waals surface area contributed by atoms with Crippen LogP contribution in [0.25, 0.3) is 10.6 Å². The predicted octanol–water partition coefficient (Wildman–Crippen LogP) is 3.96. The molecule has 0 fully saturated rings. The zero-order valence-electron chi connectivity index (χ0n) is 14.4. The first-order valence-corrected chi connectivity index (χ1v) is 9.38. The molecule has 5 nitrogen and oxygen atoms in total. The molecule has 0 radical (unpaired) electrons. The van der Waals surface area contributed by atoms with Gasteiger partial charge in [0.2, 0.25) is 5.91 Å². The third kappa shape index (κ3) is 3.46. The highest BCUT2D eigenvalue weighted by atomic mass is 32.1. The number of rotatable bonds is 4. The minimum absolute atomic E-state index is 0.0316. The molecule has 1 N–H and O–H groups in total. The van der Waals surface area contributed by atoms with E-state index in [1.165, 1.54) is 4.88 Å². The van der Waals surface area contributed by atoms with Gasteiger partial charge >= 0.3 is 0 Å². The number of benzene rings is 1. The van der Waals surface area contributed by atoms with Gasteiger partial charge in [0.25, 0.3) is 0 Å². The molecule has 6 heteroatoms. The van der Waals surface area contributed by atoms with Crippen LogP contribution in [-0.2, 0) is 17.6 Å². The van der Waals surface area contributed by atoms with Crippen LogP contribution in [0.4, 0.5) is 5.69 Å². The molecule has 26 heavy (non-hydrogen) atoms. The van der Waals surface area contributed by atoms with Gasteiger partial charge in [-0.3, -0.25) is 9.78 Å². The number of hydrogen-bond donors (Lipinski definition) is 1. The van der Waals surface area contributed by atoms with Crippen LogP contribution in [0, 0.1) is 5.92 Å². The average molecular weight is 365 g/mol. The van der Waals surface area contributed by atoms with Crippen LogP contribution in [0.15, 0.2) is 48.8 Å². The van der Waals surface area contributed by atoms with Crippen LogP contribution in [0.3, 0.4) is 0 Å². The van der Waals surface area contributed by atoms with Gasteiger partial charge in [0.15, 0.2) is 0 Å². The molecule has 1 amide bonds. The second kappa shape index (κ2) is 7.25. The summed E-state index contributed by atoms with van der Waals surface area (Å²) in [4.78, 5) is 22.8. The van der Waals surface area contributed by atoms with Crippen molar-refractivity contribution in [2.45, 2.75) is 19.3 Å². The molecule has 1 unspecified atom stereocenters. The predicted molar refractivity (Wildman–Crippen MR) is 102 cm³/mol. The molecule has 1 aromatic carbocycles. The fraction of sp³-hybridized carbons (Fsp3) is 0.250. The highest BCUT2D eigenvalue weighted by Gasteiger charge is 2.27. The maximum Gasteiger partial charge on any atom is 0.227 e. The fourth-order valence-electron chi connectivity index (χ4n) is 3.16. The summed E-state index contributed by atoms with van der Waals surface area (Å²) in [5.41, 5.74) is 2.92. The molecule has 2 aromatic heterocycles. The molecule has 0 aliphatic heterocycles. The second-order valence-electron chi connectivity index (χ2n) is 6.29. The zero-order chi connectivity index (χ0) is 17.9. The van der Waals surface area contributed by atoms with E-state index in [0.29, 0.717) is 0 Å². The Morgan fingerprint density at radius 3 is 3.04 bits per heavy atom. The van der Waals surface area contributed by atoms with E-state index in [1.807, 2.05) is 42.6 Å². The Kier molecular flexibility index (Phi) is 4.67. The fourth-order valence-corrected chi connectivity index (χ4v) is 4.33. The SMILES string of the molecule is COc1cccc(NC(=O)C2CCc3nc(-c4cccnc4)sc3C2)c1. The number of ether oxygens (including phenoxy) is 1. The van der Waals surface area contributed by atoms with Crippen LogP contribution in [0.1, 0.15) is 17.0 Å². The molecule has 0 saturated heterocycles. The smallest absolute Gasteiger partial charge is 0.227 e. The summed E-state index contributed by atoms with van der Waals surface area (Å²) in [5, 5.41) is 3.99. The number of fused-ring (bicyclic) bond motifs is 1. The Labute approximate surface area is 156 Å². The number of thiazole rings is 1. The third-order valence-corrected chi connectivity index (χ3v) is 5.73. The van der Waals surface area contributed by atoms with E-state index in [-0.39, 0.29) is 11.8 Å². The van der Waals surface area contributed by atoms with Crippen LogP contribution >= 0.6 is 11.3 Å². The minimum atomic E-state index is -0.0316. The Hall–Kier alpha value is -2.73. The Bertz CT molecular complexity index is 924. The summed E-state index contributed by atoms with van der Waals surface area (Å²) >= 11 is 1.67. The number of carbonyl (C=O) groups excluding carboxylic acids is 1. The molecule has 0 saturated carbocycles. The lowest BCUT2D eigenvalue weighted by Gasteiger charge is -2.20. The van der Waals surface area contributed by atoms with Gasteiger partial charge in [0, 0.05) is 40.5 Å². The third-order valence-electron chi connectivity index (χ3n) is 4.56. The molecule has 1 aliphatic rings. The van der Waals surface area contributed by atoms with Crippen molar-refractivity contribution in [2.24, 2.45) is 5.92 Å². The molecule has 2 heterocycles. The molecule has 0 bridgehead atoms. The average Bonchev–Trinajstić information content (AvgIpc) is 3.12. The van der Waals surface area contributed by atoms with Crippen molar-refractivity contribution in [3.63, 3.8) is 0 Å². The molecular formula is C20H19N3O2S. The number of carbonyl (C=O) groups is 1. The number of nitrogens with zero attached hydrogens (tertiary/aromatic N) is 2. The summed E-state index contributed by atoms with van der Waals surface area (Å²) < 4.78 is 5.21. The van der Waals surface area contributed by atoms with Gasteiger partial charge in [0.1, 0.15) is 10.8 Å². The number of nitrogens with one attached hydrogen (secondary N) is 1. The molecule has 0 spiro atoms. The van der Waals surface area contributed by atoms with Gasteiger partial charge in [-0.25, -0.2) is 4.98 Å². The van der Waals surface area contributed by atoms with Gasteiger partial charge in [0.05, 0.1) is 12.8 Å². The van der Waals surface area contributed by atoms with E-state index >= 15 is 0 Å². The number of aryl methyl sites for hydroxylation is 1. The standard InChI is InChI=1S/C20H19N3O2S/c1-25-16-6-2-5-15(11-16)22-19(24)13-7-8-17-18(10-13)26-20(23-17)14-4-3-9-21-12-14/h2-6,9,11-13H,7-8,10H2,1H3,(H,22,24). The lowest BCUT2D eigenvalue weighted by atomic mass is 9.90. The van der Waals surface area contributed by atoms with Gasteiger partial charge in [-0.05, 0) is 43.5 Å². The molecule has 1 aliphatic carbocycles. The monoisotopic (exact) mass is 365 g/mol. The first kappa shape index (κ1) is 16.7. The van der Waals surface area contributed by atoms with Gasteiger partial charge in [-0.15, -0.1) is 11.3 Å². The van der Waals surface area contributed by atoms with Gasteiger partial charge in [-0.2, -0.15) is 0 Å². The molecular weight excluding hydrogens is 346 g/mol. The Morgan fingerprint density at radius 2 is 2.23 bits per heavy atom. The van der Waals surface area contributed by atoms with Crippen molar-refractivity contribution in [3.8, 4) is 16.3 Å². The molecule has 132 valence electrons. The van der Waals surface area contributed by atoms with Crippen LogP contribution in [-0.4, -0.2) is 23.0 Å². The number of anilines is 1. The van der Waals surface area contributed by atoms with E-state index in [4.69, 9.17) is 9.72 Å². The maximum atomic E-state index is 12.7. The molecule has 3 aromatic rings. The summed E-state index contributed by atoms with van der Waals surface area (Å²) in [6.45, 7) is 0. The number of amides is 1. The van der Waals surface area contributed by atoms with Crippen LogP contribution in [0.5, 0.6) is 5.75 Å². The number of aromatic nitrogens is 2. The lowest BCUT2D eigenvalue weighted by molar-refractivity contribution is -0.120. The number of methoxy groups -OCH3 is 1. The van der Waals surface area contributed by atoms with Crippen molar-refractivity contribution in [2.75, 3.05) is 12.4 Å². The maximum absolute atomic E-state index is 12.7. The van der Waals surface area contributed by atoms with Crippen molar-refractivity contribution in [1.29, 1.82) is 0 Å². The Balaban J connectivity index is 1.47. The minimum Gasteiger partial charge on any atom is -0.497 e. The Morgan fingerprint density at radius 1 is 1.31 bits per heavy atom. The summed E-state index contributed by atoms with van der Waals surface area (Å²) in [6.07, 6.45) is 5.98. The summed E-state index contributed by atoms with van der Waals surface area (Å²) in [6, 6.07) is 11.4. The molecule has 4 rings (SSSR count). The largest absolute Gasteiger partial charge is 0.497 e. The normalized spacial score (nSPS) is 16.0. The van der Waals surface area contributed by atoms with Crippen LogP contribution in [0.2, 0.25) is 0 Å². The summed E-state index contributed by atoms with van der Waals surface area (Å²) in [5.74, 6) is 0.758. The topological polar surface area (TPSA) is 64.1 Å². The van der Waals surface area contributed by atoms with Crippen LogP contribution < -0.4 is 10.1 Å². The van der Waals surface area contributed by atoms with Gasteiger partial charge in [-0.1, -0.05) is 6.07 Å². The lowest BCUT2D eigenvalue weighted by Crippen LogP contribution is -2.27. The quantitative estimate of drug-likeness (QED) is 0.760. The van der Waals surface area contributed by atoms with E-state index in [0.717, 1.165) is 47.0 Å². The van der Waals surface area contributed by atoms with Crippen molar-refractivity contribution in [3.05, 3.63) is 59.4 Å². The molecule has 1 atom stereocenters. The zero-order valence-corrected chi connectivity index (χ0v) is 15.3. The highest BCUT2D eigenvalue weighted by molar-refractivity contribution is 7.15.